The first-order valence-corrected chi connectivity index (χ1v) is 7.09. The lowest BCUT2D eigenvalue weighted by molar-refractivity contribution is -0.141. The van der Waals surface area contributed by atoms with E-state index in [1.165, 1.54) is 0 Å². The van der Waals surface area contributed by atoms with Crippen LogP contribution in [0.3, 0.4) is 0 Å². The Morgan fingerprint density at radius 3 is 2.50 bits per heavy atom. The highest BCUT2D eigenvalue weighted by molar-refractivity contribution is 6.01. The van der Waals surface area contributed by atoms with Crippen molar-refractivity contribution in [2.24, 2.45) is 5.92 Å². The van der Waals surface area contributed by atoms with Crippen molar-refractivity contribution in [2.75, 3.05) is 0 Å². The van der Waals surface area contributed by atoms with E-state index in [2.05, 4.69) is 15.4 Å². The summed E-state index contributed by atoms with van der Waals surface area (Å²) in [4.78, 5) is 27.9. The Morgan fingerprint density at radius 1 is 1.27 bits per heavy atom. The number of aromatic nitrogens is 3. The van der Waals surface area contributed by atoms with Crippen molar-refractivity contribution < 1.29 is 14.7 Å². The molecule has 0 radical (unpaired) electrons. The van der Waals surface area contributed by atoms with Crippen LogP contribution in [0.5, 0.6) is 0 Å². The van der Waals surface area contributed by atoms with Gasteiger partial charge in [0.2, 0.25) is 0 Å². The molecule has 22 heavy (non-hydrogen) atoms. The van der Waals surface area contributed by atoms with E-state index in [9.17, 15) is 9.59 Å². The van der Waals surface area contributed by atoms with Crippen LogP contribution in [0.2, 0.25) is 0 Å². The van der Waals surface area contributed by atoms with Crippen molar-refractivity contribution in [2.45, 2.75) is 40.7 Å². The van der Waals surface area contributed by atoms with Gasteiger partial charge >= 0.3 is 5.97 Å². The second kappa shape index (κ2) is 5.75. The smallest absolute Gasteiger partial charge is 0.308 e. The summed E-state index contributed by atoms with van der Waals surface area (Å²) in [6, 6.07) is 1.39. The number of carbonyl (C=O) groups is 2. The summed E-state index contributed by atoms with van der Waals surface area (Å²) in [6.45, 7) is 8.71. The van der Waals surface area contributed by atoms with E-state index in [-0.39, 0.29) is 5.91 Å². The molecule has 0 aromatic carbocycles. The normalized spacial score (nSPS) is 13.9. The van der Waals surface area contributed by atoms with Gasteiger partial charge in [-0.2, -0.15) is 5.10 Å². The maximum Gasteiger partial charge on any atom is 0.308 e. The molecule has 0 aliphatic heterocycles. The topological polar surface area (TPSA) is 96.6 Å². The minimum Gasteiger partial charge on any atom is -0.481 e. The SMILES string of the molecule is Cc1cc(C)n2nc(C)c(C(=O)NC(C)C(C)C(=O)O)c2n1. The number of carboxylic acid groups (broad SMARTS) is 1. The molecule has 0 bridgehead atoms. The first-order valence-electron chi connectivity index (χ1n) is 7.09. The molecule has 2 N–H and O–H groups in total. The molecule has 2 aromatic heterocycles. The van der Waals surface area contributed by atoms with E-state index in [1.807, 2.05) is 19.9 Å². The van der Waals surface area contributed by atoms with Gasteiger partial charge in [0.1, 0.15) is 5.56 Å². The van der Waals surface area contributed by atoms with Gasteiger partial charge in [-0.1, -0.05) is 0 Å². The maximum atomic E-state index is 12.5. The molecule has 0 aliphatic carbocycles. The molecule has 0 aliphatic rings. The number of nitrogens with one attached hydrogen (secondary N) is 1. The van der Waals surface area contributed by atoms with E-state index in [4.69, 9.17) is 5.11 Å². The monoisotopic (exact) mass is 304 g/mol. The van der Waals surface area contributed by atoms with Gasteiger partial charge in [-0.3, -0.25) is 9.59 Å². The lowest BCUT2D eigenvalue weighted by Crippen LogP contribution is -2.40. The molecule has 1 amide bonds. The van der Waals surface area contributed by atoms with E-state index in [0.29, 0.717) is 16.9 Å². The van der Waals surface area contributed by atoms with Gasteiger partial charge in [-0.05, 0) is 40.7 Å². The third-order valence-corrected chi connectivity index (χ3v) is 3.80. The average molecular weight is 304 g/mol. The number of aryl methyl sites for hydroxylation is 3. The van der Waals surface area contributed by atoms with Crippen LogP contribution >= 0.6 is 0 Å². The van der Waals surface area contributed by atoms with Crippen LogP contribution in [0.4, 0.5) is 0 Å². The predicted molar refractivity (Wildman–Crippen MR) is 80.9 cm³/mol. The third kappa shape index (κ3) is 2.79. The highest BCUT2D eigenvalue weighted by Crippen LogP contribution is 2.17. The average Bonchev–Trinajstić information content (AvgIpc) is 2.74. The number of hydrogen-bond acceptors (Lipinski definition) is 4. The fourth-order valence-corrected chi connectivity index (χ4v) is 2.31. The Labute approximate surface area is 128 Å². The molecular weight excluding hydrogens is 284 g/mol. The summed E-state index contributed by atoms with van der Waals surface area (Å²) >= 11 is 0. The molecule has 2 heterocycles. The molecule has 0 fully saturated rings. The molecule has 7 nitrogen and oxygen atoms in total. The van der Waals surface area contributed by atoms with Gasteiger partial charge in [0, 0.05) is 17.4 Å². The Hall–Kier alpha value is -2.44. The first kappa shape index (κ1) is 15.9. The van der Waals surface area contributed by atoms with Crippen molar-refractivity contribution >= 4 is 17.5 Å². The van der Waals surface area contributed by atoms with E-state index >= 15 is 0 Å². The summed E-state index contributed by atoms with van der Waals surface area (Å²) in [7, 11) is 0. The number of amides is 1. The summed E-state index contributed by atoms with van der Waals surface area (Å²) in [5.74, 6) is -1.98. The van der Waals surface area contributed by atoms with Crippen LogP contribution in [-0.4, -0.2) is 37.6 Å². The second-order valence-corrected chi connectivity index (χ2v) is 5.62. The minimum atomic E-state index is -0.950. The van der Waals surface area contributed by atoms with Crippen LogP contribution in [0.15, 0.2) is 6.07 Å². The maximum absolute atomic E-state index is 12.5. The van der Waals surface area contributed by atoms with Crippen LogP contribution < -0.4 is 5.32 Å². The highest BCUT2D eigenvalue weighted by Gasteiger charge is 2.25. The van der Waals surface area contributed by atoms with Crippen LogP contribution in [0.25, 0.3) is 5.65 Å². The number of rotatable bonds is 4. The van der Waals surface area contributed by atoms with Crippen LogP contribution in [0, 0.1) is 26.7 Å². The Bertz CT molecular complexity index is 751. The number of carbonyl (C=O) groups excluding carboxylic acids is 1. The van der Waals surface area contributed by atoms with Gasteiger partial charge in [0.15, 0.2) is 5.65 Å². The van der Waals surface area contributed by atoms with Gasteiger partial charge in [0.25, 0.3) is 5.91 Å². The van der Waals surface area contributed by atoms with Crippen LogP contribution in [0.1, 0.15) is 41.3 Å². The standard InChI is InChI=1S/C15H20N4O3/c1-7-6-8(2)19-13(16-7)12(11(5)18-19)14(20)17-10(4)9(3)15(21)22/h6,9-10H,1-5H3,(H,17,20)(H,21,22). The van der Waals surface area contributed by atoms with Crippen molar-refractivity contribution in [3.05, 3.63) is 28.7 Å². The van der Waals surface area contributed by atoms with Gasteiger partial charge in [0.05, 0.1) is 11.6 Å². The molecule has 2 unspecified atom stereocenters. The van der Waals surface area contributed by atoms with Gasteiger partial charge < -0.3 is 10.4 Å². The molecule has 0 spiro atoms. The van der Waals surface area contributed by atoms with Crippen LogP contribution in [-0.2, 0) is 4.79 Å². The van der Waals surface area contributed by atoms with Crippen molar-refractivity contribution in [3.63, 3.8) is 0 Å². The fraction of sp³-hybridized carbons (Fsp3) is 0.467. The predicted octanol–water partition coefficient (Wildman–Crippen LogP) is 1.49. The van der Waals surface area contributed by atoms with Crippen molar-refractivity contribution in [1.29, 1.82) is 0 Å². The zero-order valence-corrected chi connectivity index (χ0v) is 13.3. The number of nitrogens with zero attached hydrogens (tertiary/aromatic N) is 3. The van der Waals surface area contributed by atoms with E-state index < -0.39 is 17.9 Å². The number of carboxylic acids is 1. The van der Waals surface area contributed by atoms with Gasteiger partial charge in [-0.25, -0.2) is 9.50 Å². The second-order valence-electron chi connectivity index (χ2n) is 5.62. The third-order valence-electron chi connectivity index (χ3n) is 3.80. The summed E-state index contributed by atoms with van der Waals surface area (Å²) in [6.07, 6.45) is 0. The zero-order valence-electron chi connectivity index (χ0n) is 13.3. The lowest BCUT2D eigenvalue weighted by atomic mass is 10.0. The fourth-order valence-electron chi connectivity index (χ4n) is 2.31. The molecule has 2 atom stereocenters. The van der Waals surface area contributed by atoms with Gasteiger partial charge in [-0.15, -0.1) is 0 Å². The van der Waals surface area contributed by atoms with E-state index in [1.54, 1.807) is 25.3 Å². The molecule has 2 rings (SSSR count). The molecule has 7 heteroatoms. The zero-order chi connectivity index (χ0) is 16.6. The molecule has 0 saturated carbocycles. The quantitative estimate of drug-likeness (QED) is 0.892. The van der Waals surface area contributed by atoms with Crippen molar-refractivity contribution in [3.8, 4) is 0 Å². The number of fused-ring (bicyclic) bond motifs is 1. The molecule has 0 saturated heterocycles. The summed E-state index contributed by atoms with van der Waals surface area (Å²) in [5.41, 5.74) is 3.12. The highest BCUT2D eigenvalue weighted by atomic mass is 16.4. The lowest BCUT2D eigenvalue weighted by Gasteiger charge is -2.17. The Kier molecular flexibility index (Phi) is 4.16. The minimum absolute atomic E-state index is 0.356. The van der Waals surface area contributed by atoms with Crippen molar-refractivity contribution in [1.82, 2.24) is 19.9 Å². The Morgan fingerprint density at radius 2 is 1.91 bits per heavy atom. The first-order chi connectivity index (χ1) is 10.2. The molecule has 2 aromatic rings. The van der Waals surface area contributed by atoms with E-state index in [0.717, 1.165) is 11.4 Å². The number of aliphatic carboxylic acids is 1. The summed E-state index contributed by atoms with van der Waals surface area (Å²) < 4.78 is 1.63. The Balaban J connectivity index is 2.40. The summed E-state index contributed by atoms with van der Waals surface area (Å²) in [5, 5.41) is 16.1. The molecular formula is C15H20N4O3. The number of hydrogen-bond donors (Lipinski definition) is 2. The molecule has 118 valence electrons. The largest absolute Gasteiger partial charge is 0.481 e.